The monoisotopic (exact) mass is 279 g/mol. The standard InChI is InChI=1S/C15H21NO4/c1-4-8-20-13-7-5-6-12(9-13)16-14(17)10(2)11(3)15(18)19/h5-7,9-11H,4,8H2,1-3H3,(H,16,17)(H,18,19). The highest BCUT2D eigenvalue weighted by molar-refractivity contribution is 5.94. The number of benzene rings is 1. The number of carboxylic acid groups (broad SMARTS) is 1. The number of carbonyl (C=O) groups is 2. The summed E-state index contributed by atoms with van der Waals surface area (Å²) in [4.78, 5) is 22.8. The van der Waals surface area contributed by atoms with Gasteiger partial charge in [0, 0.05) is 17.7 Å². The van der Waals surface area contributed by atoms with E-state index in [0.29, 0.717) is 18.0 Å². The predicted molar refractivity (Wildman–Crippen MR) is 76.8 cm³/mol. The first-order chi connectivity index (χ1) is 9.45. The molecule has 110 valence electrons. The summed E-state index contributed by atoms with van der Waals surface area (Å²) < 4.78 is 5.48. The molecule has 0 aliphatic carbocycles. The number of hydrogen-bond acceptors (Lipinski definition) is 3. The summed E-state index contributed by atoms with van der Waals surface area (Å²) in [6.45, 7) is 5.75. The number of ether oxygens (including phenoxy) is 1. The van der Waals surface area contributed by atoms with Gasteiger partial charge in [0.2, 0.25) is 5.91 Å². The van der Waals surface area contributed by atoms with Crippen molar-refractivity contribution in [1.29, 1.82) is 0 Å². The summed E-state index contributed by atoms with van der Waals surface area (Å²) >= 11 is 0. The molecular weight excluding hydrogens is 258 g/mol. The molecule has 0 aliphatic heterocycles. The maximum Gasteiger partial charge on any atom is 0.307 e. The zero-order valence-corrected chi connectivity index (χ0v) is 12.1. The lowest BCUT2D eigenvalue weighted by atomic mass is 9.95. The van der Waals surface area contributed by atoms with E-state index < -0.39 is 17.8 Å². The summed E-state index contributed by atoms with van der Waals surface area (Å²) in [5, 5.41) is 11.6. The number of hydrogen-bond donors (Lipinski definition) is 2. The first kappa shape index (κ1) is 16.0. The summed E-state index contributed by atoms with van der Waals surface area (Å²) in [7, 11) is 0. The molecule has 0 spiro atoms. The van der Waals surface area contributed by atoms with E-state index >= 15 is 0 Å². The molecule has 0 saturated heterocycles. The molecule has 1 aromatic carbocycles. The number of aliphatic carboxylic acids is 1. The second-order valence-corrected chi connectivity index (χ2v) is 4.78. The van der Waals surface area contributed by atoms with Crippen LogP contribution in [0.3, 0.4) is 0 Å². The summed E-state index contributed by atoms with van der Waals surface area (Å²) in [5.74, 6) is -1.94. The molecule has 0 bridgehead atoms. The second kappa shape index (κ2) is 7.53. The van der Waals surface area contributed by atoms with Crippen molar-refractivity contribution >= 4 is 17.6 Å². The fraction of sp³-hybridized carbons (Fsp3) is 0.467. The van der Waals surface area contributed by atoms with Crippen molar-refractivity contribution in [3.05, 3.63) is 24.3 Å². The normalized spacial score (nSPS) is 13.3. The van der Waals surface area contributed by atoms with Gasteiger partial charge in [-0.05, 0) is 18.6 Å². The van der Waals surface area contributed by atoms with Crippen molar-refractivity contribution in [2.75, 3.05) is 11.9 Å². The van der Waals surface area contributed by atoms with Gasteiger partial charge in [-0.2, -0.15) is 0 Å². The first-order valence-corrected chi connectivity index (χ1v) is 6.72. The fourth-order valence-electron chi connectivity index (χ4n) is 1.58. The number of anilines is 1. The van der Waals surface area contributed by atoms with Gasteiger partial charge in [-0.3, -0.25) is 9.59 Å². The van der Waals surface area contributed by atoms with Crippen molar-refractivity contribution in [2.45, 2.75) is 27.2 Å². The van der Waals surface area contributed by atoms with Crippen LogP contribution in [0.4, 0.5) is 5.69 Å². The van der Waals surface area contributed by atoms with Crippen LogP contribution in [0.2, 0.25) is 0 Å². The van der Waals surface area contributed by atoms with Crippen molar-refractivity contribution in [2.24, 2.45) is 11.8 Å². The molecule has 0 aliphatic rings. The Morgan fingerprint density at radius 3 is 2.60 bits per heavy atom. The Morgan fingerprint density at radius 2 is 2.00 bits per heavy atom. The lowest BCUT2D eigenvalue weighted by Gasteiger charge is -2.16. The van der Waals surface area contributed by atoms with Crippen molar-refractivity contribution in [1.82, 2.24) is 0 Å². The summed E-state index contributed by atoms with van der Waals surface area (Å²) in [6.07, 6.45) is 0.906. The highest BCUT2D eigenvalue weighted by atomic mass is 16.5. The average molecular weight is 279 g/mol. The Kier molecular flexibility index (Phi) is 6.03. The van der Waals surface area contributed by atoms with Crippen LogP contribution < -0.4 is 10.1 Å². The van der Waals surface area contributed by atoms with Gasteiger partial charge in [0.1, 0.15) is 5.75 Å². The van der Waals surface area contributed by atoms with E-state index in [9.17, 15) is 9.59 Å². The van der Waals surface area contributed by atoms with Gasteiger partial charge in [-0.15, -0.1) is 0 Å². The Morgan fingerprint density at radius 1 is 1.30 bits per heavy atom. The predicted octanol–water partition coefficient (Wildman–Crippen LogP) is 2.77. The molecule has 0 aromatic heterocycles. The largest absolute Gasteiger partial charge is 0.494 e. The van der Waals surface area contributed by atoms with Gasteiger partial charge in [0.15, 0.2) is 0 Å². The van der Waals surface area contributed by atoms with Crippen LogP contribution in [0.1, 0.15) is 27.2 Å². The smallest absolute Gasteiger partial charge is 0.307 e. The molecule has 0 fully saturated rings. The maximum absolute atomic E-state index is 12.0. The van der Waals surface area contributed by atoms with Crippen LogP contribution in [0.25, 0.3) is 0 Å². The molecule has 0 heterocycles. The van der Waals surface area contributed by atoms with Gasteiger partial charge in [0.25, 0.3) is 0 Å². The Bertz CT molecular complexity index is 473. The maximum atomic E-state index is 12.0. The third-order valence-electron chi connectivity index (χ3n) is 3.13. The van der Waals surface area contributed by atoms with E-state index in [0.717, 1.165) is 6.42 Å². The molecule has 2 unspecified atom stereocenters. The van der Waals surface area contributed by atoms with Gasteiger partial charge in [-0.1, -0.05) is 26.8 Å². The highest BCUT2D eigenvalue weighted by Crippen LogP contribution is 2.20. The molecule has 0 saturated carbocycles. The average Bonchev–Trinajstić information content (AvgIpc) is 2.43. The van der Waals surface area contributed by atoms with E-state index in [1.54, 1.807) is 25.1 Å². The van der Waals surface area contributed by atoms with Crippen molar-refractivity contribution in [3.8, 4) is 5.75 Å². The number of carbonyl (C=O) groups excluding carboxylic acids is 1. The number of carboxylic acids is 1. The lowest BCUT2D eigenvalue weighted by Crippen LogP contribution is -2.29. The van der Waals surface area contributed by atoms with Crippen LogP contribution in [-0.4, -0.2) is 23.6 Å². The molecule has 5 heteroatoms. The fourth-order valence-corrected chi connectivity index (χ4v) is 1.58. The minimum Gasteiger partial charge on any atom is -0.494 e. The van der Waals surface area contributed by atoms with E-state index in [-0.39, 0.29) is 5.91 Å². The second-order valence-electron chi connectivity index (χ2n) is 4.78. The molecule has 2 atom stereocenters. The van der Waals surface area contributed by atoms with Crippen LogP contribution in [-0.2, 0) is 9.59 Å². The number of amides is 1. The first-order valence-electron chi connectivity index (χ1n) is 6.72. The van der Waals surface area contributed by atoms with Crippen LogP contribution in [0, 0.1) is 11.8 Å². The third kappa shape index (κ3) is 4.57. The zero-order chi connectivity index (χ0) is 15.1. The van der Waals surface area contributed by atoms with Gasteiger partial charge in [0.05, 0.1) is 12.5 Å². The number of rotatable bonds is 7. The van der Waals surface area contributed by atoms with Gasteiger partial charge < -0.3 is 15.2 Å². The minimum atomic E-state index is -0.979. The van der Waals surface area contributed by atoms with Crippen LogP contribution in [0.15, 0.2) is 24.3 Å². The molecule has 5 nitrogen and oxygen atoms in total. The highest BCUT2D eigenvalue weighted by Gasteiger charge is 2.25. The van der Waals surface area contributed by atoms with Gasteiger partial charge in [-0.25, -0.2) is 0 Å². The lowest BCUT2D eigenvalue weighted by molar-refractivity contribution is -0.145. The molecule has 1 rings (SSSR count). The summed E-state index contributed by atoms with van der Waals surface area (Å²) in [5.41, 5.74) is 0.605. The Balaban J connectivity index is 2.68. The van der Waals surface area contributed by atoms with Crippen LogP contribution in [0.5, 0.6) is 5.75 Å². The minimum absolute atomic E-state index is 0.312. The van der Waals surface area contributed by atoms with Gasteiger partial charge >= 0.3 is 5.97 Å². The van der Waals surface area contributed by atoms with E-state index in [1.807, 2.05) is 13.0 Å². The summed E-state index contributed by atoms with van der Waals surface area (Å²) in [6, 6.07) is 7.07. The number of nitrogens with one attached hydrogen (secondary N) is 1. The Hall–Kier alpha value is -2.04. The van der Waals surface area contributed by atoms with E-state index in [4.69, 9.17) is 9.84 Å². The zero-order valence-electron chi connectivity index (χ0n) is 12.1. The van der Waals surface area contributed by atoms with Crippen molar-refractivity contribution in [3.63, 3.8) is 0 Å². The molecular formula is C15H21NO4. The molecule has 2 N–H and O–H groups in total. The molecule has 1 aromatic rings. The quantitative estimate of drug-likeness (QED) is 0.804. The molecule has 20 heavy (non-hydrogen) atoms. The molecule has 1 amide bonds. The van der Waals surface area contributed by atoms with E-state index in [1.165, 1.54) is 6.92 Å². The Labute approximate surface area is 118 Å². The van der Waals surface area contributed by atoms with Crippen LogP contribution >= 0.6 is 0 Å². The van der Waals surface area contributed by atoms with Crippen molar-refractivity contribution < 1.29 is 19.4 Å². The molecule has 0 radical (unpaired) electrons. The third-order valence-corrected chi connectivity index (χ3v) is 3.13. The topological polar surface area (TPSA) is 75.6 Å². The SMILES string of the molecule is CCCOc1cccc(NC(=O)C(C)C(C)C(=O)O)c1. The van der Waals surface area contributed by atoms with E-state index in [2.05, 4.69) is 5.32 Å².